The van der Waals surface area contributed by atoms with E-state index >= 15 is 0 Å². The monoisotopic (exact) mass is 498 g/mol. The SMILES string of the molecule is C=C(C)C(=O)OCCCCCOc1ccc(-c2ccc(-c3ccc(COC(=O)C(=C)C)cc3)cc2)cc1. The quantitative estimate of drug-likeness (QED) is 0.140. The molecule has 0 saturated carbocycles. The molecule has 0 aromatic heterocycles. The lowest BCUT2D eigenvalue weighted by atomic mass is 9.99. The highest BCUT2D eigenvalue weighted by atomic mass is 16.5. The van der Waals surface area contributed by atoms with Crippen molar-refractivity contribution in [1.82, 2.24) is 0 Å². The summed E-state index contributed by atoms with van der Waals surface area (Å²) in [5.41, 5.74) is 6.21. The van der Waals surface area contributed by atoms with Gasteiger partial charge in [-0.2, -0.15) is 0 Å². The molecule has 0 saturated heterocycles. The van der Waals surface area contributed by atoms with Crippen molar-refractivity contribution in [1.29, 1.82) is 0 Å². The molecule has 0 fully saturated rings. The van der Waals surface area contributed by atoms with E-state index in [4.69, 9.17) is 14.2 Å². The fourth-order valence-electron chi connectivity index (χ4n) is 3.52. The smallest absolute Gasteiger partial charge is 0.333 e. The van der Waals surface area contributed by atoms with Crippen LogP contribution in [0.3, 0.4) is 0 Å². The molecule has 5 nitrogen and oxygen atoms in total. The van der Waals surface area contributed by atoms with Crippen LogP contribution in [0, 0.1) is 0 Å². The summed E-state index contributed by atoms with van der Waals surface area (Å²) in [5, 5.41) is 0. The molecule has 0 N–H and O–H groups in total. The van der Waals surface area contributed by atoms with Crippen molar-refractivity contribution in [2.24, 2.45) is 0 Å². The Balaban J connectivity index is 1.44. The Morgan fingerprint density at radius 3 is 1.54 bits per heavy atom. The van der Waals surface area contributed by atoms with E-state index in [0.29, 0.717) is 24.4 Å². The number of ether oxygens (including phenoxy) is 3. The van der Waals surface area contributed by atoms with E-state index in [0.717, 1.165) is 52.8 Å². The molecule has 0 aliphatic carbocycles. The van der Waals surface area contributed by atoms with Crippen LogP contribution in [0.15, 0.2) is 97.1 Å². The highest BCUT2D eigenvalue weighted by molar-refractivity contribution is 5.87. The van der Waals surface area contributed by atoms with Gasteiger partial charge in [0.15, 0.2) is 0 Å². The summed E-state index contributed by atoms with van der Waals surface area (Å²) in [6, 6.07) is 24.5. The van der Waals surface area contributed by atoms with Gasteiger partial charge in [-0.05, 0) is 73.1 Å². The molecule has 0 bridgehead atoms. The number of hydrogen-bond acceptors (Lipinski definition) is 5. The molecule has 0 aliphatic rings. The second-order valence-corrected chi connectivity index (χ2v) is 8.98. The van der Waals surface area contributed by atoms with Crippen LogP contribution in [0.4, 0.5) is 0 Å². The first kappa shape index (κ1) is 27.5. The third kappa shape index (κ3) is 8.80. The molecular weight excluding hydrogens is 464 g/mol. The number of rotatable bonds is 13. The Labute approximate surface area is 219 Å². The minimum atomic E-state index is -0.380. The van der Waals surface area contributed by atoms with Crippen LogP contribution < -0.4 is 4.74 Å². The summed E-state index contributed by atoms with van der Waals surface area (Å²) >= 11 is 0. The molecule has 192 valence electrons. The van der Waals surface area contributed by atoms with Gasteiger partial charge in [0.05, 0.1) is 13.2 Å². The van der Waals surface area contributed by atoms with E-state index < -0.39 is 0 Å². The average molecular weight is 499 g/mol. The molecule has 0 amide bonds. The topological polar surface area (TPSA) is 61.8 Å². The third-order valence-electron chi connectivity index (χ3n) is 5.72. The molecule has 0 spiro atoms. The zero-order chi connectivity index (χ0) is 26.6. The van der Waals surface area contributed by atoms with Gasteiger partial charge in [-0.15, -0.1) is 0 Å². The third-order valence-corrected chi connectivity index (χ3v) is 5.72. The maximum absolute atomic E-state index is 11.6. The van der Waals surface area contributed by atoms with Crippen LogP contribution in [-0.2, 0) is 25.7 Å². The fourth-order valence-corrected chi connectivity index (χ4v) is 3.52. The summed E-state index contributed by atoms with van der Waals surface area (Å²) in [4.78, 5) is 22.9. The molecule has 0 radical (unpaired) electrons. The highest BCUT2D eigenvalue weighted by Crippen LogP contribution is 2.27. The minimum absolute atomic E-state index is 0.234. The molecule has 0 aliphatic heterocycles. The van der Waals surface area contributed by atoms with Gasteiger partial charge in [-0.25, -0.2) is 9.59 Å². The minimum Gasteiger partial charge on any atom is -0.494 e. The predicted molar refractivity (Wildman–Crippen MR) is 147 cm³/mol. The lowest BCUT2D eigenvalue weighted by molar-refractivity contribution is -0.140. The van der Waals surface area contributed by atoms with Crippen molar-refractivity contribution in [2.75, 3.05) is 13.2 Å². The molecule has 0 atom stereocenters. The van der Waals surface area contributed by atoms with Gasteiger partial charge in [0.1, 0.15) is 12.4 Å². The van der Waals surface area contributed by atoms with Crippen LogP contribution in [0.1, 0.15) is 38.7 Å². The van der Waals surface area contributed by atoms with Gasteiger partial charge < -0.3 is 14.2 Å². The van der Waals surface area contributed by atoms with Gasteiger partial charge in [0.2, 0.25) is 0 Å². The molecule has 3 aromatic rings. The summed E-state index contributed by atoms with van der Waals surface area (Å²) < 4.78 is 16.1. The summed E-state index contributed by atoms with van der Waals surface area (Å²) in [5.74, 6) is 0.124. The fraction of sp³-hybridized carbons (Fsp3) is 0.250. The van der Waals surface area contributed by atoms with Gasteiger partial charge >= 0.3 is 11.9 Å². The van der Waals surface area contributed by atoms with Crippen molar-refractivity contribution >= 4 is 11.9 Å². The van der Waals surface area contributed by atoms with E-state index in [1.54, 1.807) is 13.8 Å². The van der Waals surface area contributed by atoms with Gasteiger partial charge in [0.25, 0.3) is 0 Å². The maximum atomic E-state index is 11.6. The second-order valence-electron chi connectivity index (χ2n) is 8.98. The van der Waals surface area contributed by atoms with Crippen LogP contribution in [0.25, 0.3) is 22.3 Å². The Bertz CT molecular complexity index is 1210. The number of esters is 2. The van der Waals surface area contributed by atoms with Crippen molar-refractivity contribution in [2.45, 2.75) is 39.7 Å². The normalized spacial score (nSPS) is 10.4. The van der Waals surface area contributed by atoms with E-state index in [1.165, 1.54) is 0 Å². The first-order valence-electron chi connectivity index (χ1n) is 12.4. The summed E-state index contributed by atoms with van der Waals surface area (Å²) in [7, 11) is 0. The molecule has 3 aromatic carbocycles. The van der Waals surface area contributed by atoms with Gasteiger partial charge in [-0.1, -0.05) is 73.8 Å². The first-order valence-corrected chi connectivity index (χ1v) is 12.4. The van der Waals surface area contributed by atoms with E-state index in [-0.39, 0.29) is 18.5 Å². The van der Waals surface area contributed by atoms with Crippen molar-refractivity contribution in [3.63, 3.8) is 0 Å². The van der Waals surface area contributed by atoms with Crippen LogP contribution >= 0.6 is 0 Å². The maximum Gasteiger partial charge on any atom is 0.333 e. The van der Waals surface area contributed by atoms with E-state index in [1.807, 2.05) is 36.4 Å². The highest BCUT2D eigenvalue weighted by Gasteiger charge is 2.06. The van der Waals surface area contributed by atoms with Crippen molar-refractivity contribution in [3.8, 4) is 28.0 Å². The van der Waals surface area contributed by atoms with Crippen molar-refractivity contribution in [3.05, 3.63) is 103 Å². The van der Waals surface area contributed by atoms with Gasteiger partial charge in [0, 0.05) is 11.1 Å². The number of hydrogen-bond donors (Lipinski definition) is 0. The Hall–Kier alpha value is -4.12. The first-order chi connectivity index (χ1) is 17.8. The molecule has 37 heavy (non-hydrogen) atoms. The number of carbonyl (C=O) groups excluding carboxylic acids is 2. The molecule has 0 unspecified atom stereocenters. The van der Waals surface area contributed by atoms with Crippen LogP contribution in [0.5, 0.6) is 5.75 Å². The Kier molecular flexibility index (Phi) is 10.3. The van der Waals surface area contributed by atoms with E-state index in [2.05, 4.69) is 49.6 Å². The number of unbranched alkanes of at least 4 members (excludes halogenated alkanes) is 2. The molecule has 3 rings (SSSR count). The van der Waals surface area contributed by atoms with Crippen LogP contribution in [0.2, 0.25) is 0 Å². The van der Waals surface area contributed by atoms with E-state index in [9.17, 15) is 9.59 Å². The van der Waals surface area contributed by atoms with Crippen molar-refractivity contribution < 1.29 is 23.8 Å². The largest absolute Gasteiger partial charge is 0.494 e. The molecular formula is C32H34O5. The Morgan fingerprint density at radius 1 is 0.595 bits per heavy atom. The zero-order valence-corrected chi connectivity index (χ0v) is 21.6. The number of benzene rings is 3. The zero-order valence-electron chi connectivity index (χ0n) is 21.6. The summed E-state index contributed by atoms with van der Waals surface area (Å²) in [6.45, 7) is 11.7. The molecule has 5 heteroatoms. The molecule has 0 heterocycles. The predicted octanol–water partition coefficient (Wildman–Crippen LogP) is 7.31. The standard InChI is InChI=1S/C32H34O5/c1-23(2)31(33)36-21-7-5-6-20-35-30-18-16-29(17-19-30)28-14-12-27(13-15-28)26-10-8-25(9-11-26)22-37-32(34)24(3)4/h8-19H,1,3,5-7,20-22H2,2,4H3. The lowest BCUT2D eigenvalue weighted by Crippen LogP contribution is -2.06. The summed E-state index contributed by atoms with van der Waals surface area (Å²) in [6.07, 6.45) is 2.64. The second kappa shape index (κ2) is 13.8. The Morgan fingerprint density at radius 2 is 1.03 bits per heavy atom. The van der Waals surface area contributed by atoms with Gasteiger partial charge in [-0.3, -0.25) is 0 Å². The number of carbonyl (C=O) groups is 2. The lowest BCUT2D eigenvalue weighted by Gasteiger charge is -2.09. The average Bonchev–Trinajstić information content (AvgIpc) is 2.91. The van der Waals surface area contributed by atoms with Crippen LogP contribution in [-0.4, -0.2) is 25.2 Å².